The van der Waals surface area contributed by atoms with Crippen molar-refractivity contribution in [2.45, 2.75) is 12.3 Å². The van der Waals surface area contributed by atoms with Crippen LogP contribution >= 0.6 is 7.14 Å². The lowest BCUT2D eigenvalue weighted by molar-refractivity contribution is 0.484. The molecule has 0 N–H and O–H groups in total. The van der Waals surface area contributed by atoms with Crippen LogP contribution in [-0.2, 0) is 9.98 Å². The third-order valence-electron chi connectivity index (χ3n) is 11.1. The van der Waals surface area contributed by atoms with Gasteiger partial charge in [-0.2, -0.15) is 0 Å². The van der Waals surface area contributed by atoms with E-state index in [-0.39, 0.29) is 0 Å². The molecule has 1 heterocycles. The monoisotopic (exact) mass is 698 g/mol. The van der Waals surface area contributed by atoms with E-state index in [1.165, 1.54) is 49.4 Å². The number of benzene rings is 8. The van der Waals surface area contributed by atoms with E-state index in [2.05, 4.69) is 134 Å². The van der Waals surface area contributed by atoms with E-state index in [9.17, 15) is 0 Å². The van der Waals surface area contributed by atoms with Crippen LogP contribution in [-0.4, -0.2) is 0 Å². The molecule has 1 aliphatic rings. The minimum Gasteiger partial charge on any atom is -0.456 e. The van der Waals surface area contributed by atoms with Gasteiger partial charge in [0.25, 0.3) is 0 Å². The molecule has 0 saturated carbocycles. The summed E-state index contributed by atoms with van der Waals surface area (Å²) < 4.78 is 22.8. The van der Waals surface area contributed by atoms with E-state index in [1.54, 1.807) is 0 Å². The van der Waals surface area contributed by atoms with Crippen molar-refractivity contribution in [1.29, 1.82) is 0 Å². The van der Waals surface area contributed by atoms with Crippen molar-refractivity contribution >= 4 is 44.8 Å². The number of hydrogen-bond donors (Lipinski definition) is 0. The average molecular weight is 699 g/mol. The maximum Gasteiger partial charge on any atom is 0.204 e. The van der Waals surface area contributed by atoms with Crippen molar-refractivity contribution in [1.82, 2.24) is 0 Å². The SMILES string of the molecule is Cc1cccc2c1-c1ccccc1C2(c1ccc2cc3ccccc3c(-c3ccccc3)c2c1)c1ccc(P(=O)(c2ccccc2)c2ccccc2)o1. The molecule has 0 bridgehead atoms. The highest BCUT2D eigenvalue weighted by molar-refractivity contribution is 7.85. The Balaban J connectivity index is 1.31. The van der Waals surface area contributed by atoms with E-state index in [0.29, 0.717) is 5.50 Å². The minimum atomic E-state index is -3.38. The zero-order chi connectivity index (χ0) is 35.6. The summed E-state index contributed by atoms with van der Waals surface area (Å²) in [5.74, 6) is 0.748. The first-order chi connectivity index (χ1) is 26.1. The number of hydrogen-bond acceptors (Lipinski definition) is 2. The predicted molar refractivity (Wildman–Crippen MR) is 221 cm³/mol. The van der Waals surface area contributed by atoms with Gasteiger partial charge in [-0.05, 0) is 97.2 Å². The van der Waals surface area contributed by atoms with Crippen LogP contribution in [0.5, 0.6) is 0 Å². The highest BCUT2D eigenvalue weighted by atomic mass is 31.2. The van der Waals surface area contributed by atoms with E-state index < -0.39 is 12.6 Å². The molecule has 0 saturated heterocycles. The van der Waals surface area contributed by atoms with Crippen molar-refractivity contribution in [3.05, 3.63) is 222 Å². The summed E-state index contributed by atoms with van der Waals surface area (Å²) in [6.45, 7) is 2.19. The molecule has 1 unspecified atom stereocenters. The molecular formula is C50H35O2P. The summed E-state index contributed by atoms with van der Waals surface area (Å²) in [6, 6.07) is 67.5. The van der Waals surface area contributed by atoms with Crippen LogP contribution in [0.2, 0.25) is 0 Å². The first-order valence-electron chi connectivity index (χ1n) is 18.1. The van der Waals surface area contributed by atoms with Gasteiger partial charge in [-0.15, -0.1) is 0 Å². The molecule has 1 atom stereocenters. The molecule has 0 amide bonds. The zero-order valence-electron chi connectivity index (χ0n) is 29.2. The summed E-state index contributed by atoms with van der Waals surface area (Å²) in [5.41, 5.74) is 9.08. The summed E-state index contributed by atoms with van der Waals surface area (Å²) in [7, 11) is -3.38. The molecule has 0 aliphatic heterocycles. The second-order valence-corrected chi connectivity index (χ2v) is 16.7. The molecule has 1 aromatic heterocycles. The molecular weight excluding hydrogens is 664 g/mol. The van der Waals surface area contributed by atoms with Crippen molar-refractivity contribution in [3.63, 3.8) is 0 Å². The predicted octanol–water partition coefficient (Wildman–Crippen LogP) is 11.6. The molecule has 53 heavy (non-hydrogen) atoms. The van der Waals surface area contributed by atoms with Gasteiger partial charge in [-0.3, -0.25) is 0 Å². The third-order valence-corrected chi connectivity index (χ3v) is 14.1. The van der Waals surface area contributed by atoms with E-state index >= 15 is 4.57 Å². The summed E-state index contributed by atoms with van der Waals surface area (Å²) in [5, 5.41) is 6.27. The molecule has 10 rings (SSSR count). The average Bonchev–Trinajstić information content (AvgIpc) is 3.84. The first-order valence-corrected chi connectivity index (χ1v) is 19.8. The van der Waals surface area contributed by atoms with Crippen LogP contribution in [0.4, 0.5) is 0 Å². The van der Waals surface area contributed by atoms with E-state index in [0.717, 1.165) is 33.1 Å². The lowest BCUT2D eigenvalue weighted by Gasteiger charge is -2.32. The van der Waals surface area contributed by atoms with Crippen molar-refractivity contribution in [3.8, 4) is 22.3 Å². The Bertz CT molecular complexity index is 2830. The second kappa shape index (κ2) is 12.2. The van der Waals surface area contributed by atoms with Gasteiger partial charge in [0.05, 0.1) is 0 Å². The Morgan fingerprint density at radius 1 is 0.491 bits per heavy atom. The van der Waals surface area contributed by atoms with Crippen LogP contribution in [0.1, 0.15) is 28.0 Å². The highest BCUT2D eigenvalue weighted by Gasteiger charge is 2.50. The van der Waals surface area contributed by atoms with Gasteiger partial charge >= 0.3 is 0 Å². The van der Waals surface area contributed by atoms with Gasteiger partial charge in [0.1, 0.15) is 11.2 Å². The van der Waals surface area contributed by atoms with Crippen LogP contribution in [0.15, 0.2) is 199 Å². The van der Waals surface area contributed by atoms with Gasteiger partial charge in [0.15, 0.2) is 5.50 Å². The normalized spacial score (nSPS) is 15.0. The molecule has 9 aromatic rings. The Hall–Kier alpha value is -6.21. The zero-order valence-corrected chi connectivity index (χ0v) is 30.1. The van der Waals surface area contributed by atoms with Gasteiger partial charge in [-0.25, -0.2) is 0 Å². The lowest BCUT2D eigenvalue weighted by Crippen LogP contribution is -2.29. The number of furan rings is 1. The fraction of sp³-hybridized carbons (Fsp3) is 0.0400. The van der Waals surface area contributed by atoms with Gasteiger partial charge in [0.2, 0.25) is 7.14 Å². The molecule has 0 radical (unpaired) electrons. The first kappa shape index (κ1) is 31.5. The largest absolute Gasteiger partial charge is 0.456 e. The maximum atomic E-state index is 15.6. The fourth-order valence-corrected chi connectivity index (χ4v) is 11.3. The molecule has 1 aliphatic carbocycles. The van der Waals surface area contributed by atoms with Crippen molar-refractivity contribution in [2.24, 2.45) is 0 Å². The second-order valence-electron chi connectivity index (χ2n) is 14.0. The van der Waals surface area contributed by atoms with Crippen LogP contribution in [0, 0.1) is 6.92 Å². The maximum absolute atomic E-state index is 15.6. The van der Waals surface area contributed by atoms with Crippen LogP contribution < -0.4 is 16.1 Å². The lowest BCUT2D eigenvalue weighted by atomic mass is 9.70. The standard InChI is InChI=1S/C50H35O2P/c1-34-16-15-27-45-48(34)42-25-13-14-26-44(42)50(45,46-30-31-47(52-46)53(51,39-20-7-3-8-21-39)40-22-9-4-10-23-40)38-29-28-37-32-36-19-11-12-24-41(36)49(43(37)33-38)35-17-5-2-6-18-35/h2-33H,1H3. The topological polar surface area (TPSA) is 30.2 Å². The minimum absolute atomic E-state index is 0.472. The molecule has 0 fully saturated rings. The summed E-state index contributed by atoms with van der Waals surface area (Å²) >= 11 is 0. The van der Waals surface area contributed by atoms with Gasteiger partial charge in [0, 0.05) is 10.6 Å². The van der Waals surface area contributed by atoms with Gasteiger partial charge in [-0.1, -0.05) is 170 Å². The summed E-state index contributed by atoms with van der Waals surface area (Å²) in [6.07, 6.45) is 0. The van der Waals surface area contributed by atoms with E-state index in [1.807, 2.05) is 66.7 Å². The number of rotatable bonds is 6. The Morgan fingerprint density at radius 3 is 1.87 bits per heavy atom. The number of fused-ring (bicyclic) bond motifs is 5. The highest BCUT2D eigenvalue weighted by Crippen LogP contribution is 2.58. The van der Waals surface area contributed by atoms with Crippen molar-refractivity contribution in [2.75, 3.05) is 0 Å². The van der Waals surface area contributed by atoms with Gasteiger partial charge < -0.3 is 8.98 Å². The molecule has 0 spiro atoms. The van der Waals surface area contributed by atoms with Crippen LogP contribution in [0.3, 0.4) is 0 Å². The molecule has 2 nitrogen and oxygen atoms in total. The number of aryl methyl sites for hydroxylation is 1. The smallest absolute Gasteiger partial charge is 0.204 e. The quantitative estimate of drug-likeness (QED) is 0.128. The summed E-state index contributed by atoms with van der Waals surface area (Å²) in [4.78, 5) is 0. The van der Waals surface area contributed by atoms with Crippen LogP contribution in [0.25, 0.3) is 43.8 Å². The molecule has 252 valence electrons. The fourth-order valence-electron chi connectivity index (χ4n) is 8.82. The Kier molecular flexibility index (Phi) is 7.25. The molecule has 3 heteroatoms. The Labute approximate surface area is 309 Å². The Morgan fingerprint density at radius 2 is 1.11 bits per heavy atom. The van der Waals surface area contributed by atoms with Crippen molar-refractivity contribution < 1.29 is 8.98 Å². The molecule has 8 aromatic carbocycles. The third kappa shape index (κ3) is 4.62. The van der Waals surface area contributed by atoms with E-state index in [4.69, 9.17) is 4.42 Å².